The lowest BCUT2D eigenvalue weighted by Crippen LogP contribution is -2.43. The highest BCUT2D eigenvalue weighted by molar-refractivity contribution is 7.53. The predicted octanol–water partition coefficient (Wildman–Crippen LogP) is 0.653. The zero-order chi connectivity index (χ0) is 14.7. The van der Waals surface area contributed by atoms with E-state index in [-0.39, 0.29) is 12.2 Å². The highest BCUT2D eigenvalue weighted by atomic mass is 31.2. The van der Waals surface area contributed by atoms with E-state index >= 15 is 0 Å². The summed E-state index contributed by atoms with van der Waals surface area (Å²) in [6.07, 6.45) is 1.30. The van der Waals surface area contributed by atoms with E-state index in [0.717, 1.165) is 0 Å². The lowest BCUT2D eigenvalue weighted by molar-refractivity contribution is -0.122. The van der Waals surface area contributed by atoms with Crippen molar-refractivity contribution < 1.29 is 18.4 Å². The molecule has 0 bridgehead atoms. The molecule has 0 saturated carbocycles. The Balaban J connectivity index is 4.48. The van der Waals surface area contributed by atoms with Gasteiger partial charge in [0.2, 0.25) is 5.91 Å². The second-order valence-corrected chi connectivity index (χ2v) is 5.96. The SMILES string of the molecule is CCOP(=O)(CN[C@@H](CCCN)C(=O)NC)OCC. The third-order valence-corrected chi connectivity index (χ3v) is 4.32. The van der Waals surface area contributed by atoms with Crippen LogP contribution >= 0.6 is 7.60 Å². The maximum atomic E-state index is 12.2. The standard InChI is InChI=1S/C11H26N3O4P/c1-4-17-19(16,18-5-2)9-14-10(7-6-8-12)11(15)13-3/h10,14H,4-9,12H2,1-3H3,(H,13,15)/t10-/m0/s1. The predicted molar refractivity (Wildman–Crippen MR) is 75.0 cm³/mol. The summed E-state index contributed by atoms with van der Waals surface area (Å²) < 4.78 is 22.5. The number of amides is 1. The van der Waals surface area contributed by atoms with E-state index in [0.29, 0.717) is 32.6 Å². The molecule has 0 aliphatic heterocycles. The van der Waals surface area contributed by atoms with Gasteiger partial charge in [-0.1, -0.05) is 0 Å². The van der Waals surface area contributed by atoms with E-state index in [1.165, 1.54) is 0 Å². The van der Waals surface area contributed by atoms with Crippen LogP contribution in [0, 0.1) is 0 Å². The van der Waals surface area contributed by atoms with Crippen molar-refractivity contribution in [2.75, 3.05) is 33.1 Å². The molecule has 0 spiro atoms. The van der Waals surface area contributed by atoms with Gasteiger partial charge in [-0.3, -0.25) is 14.7 Å². The molecule has 0 aromatic carbocycles. The molecule has 7 nitrogen and oxygen atoms in total. The van der Waals surface area contributed by atoms with E-state index in [1.807, 2.05) is 0 Å². The summed E-state index contributed by atoms with van der Waals surface area (Å²) in [5.74, 6) is -0.159. The van der Waals surface area contributed by atoms with Crippen LogP contribution in [-0.2, 0) is 18.4 Å². The fourth-order valence-corrected chi connectivity index (χ4v) is 3.05. The Bertz CT molecular complexity index is 292. The van der Waals surface area contributed by atoms with Gasteiger partial charge in [-0.05, 0) is 33.2 Å². The maximum absolute atomic E-state index is 12.2. The summed E-state index contributed by atoms with van der Waals surface area (Å²) in [6.45, 7) is 4.59. The summed E-state index contributed by atoms with van der Waals surface area (Å²) in [4.78, 5) is 11.7. The Kier molecular flexibility index (Phi) is 10.1. The third kappa shape index (κ3) is 7.64. The van der Waals surface area contributed by atoms with Gasteiger partial charge < -0.3 is 20.1 Å². The quantitative estimate of drug-likeness (QED) is 0.484. The van der Waals surface area contributed by atoms with E-state index in [1.54, 1.807) is 20.9 Å². The molecular formula is C11H26N3O4P. The average molecular weight is 295 g/mol. The minimum Gasteiger partial charge on any atom is -0.358 e. The number of hydrogen-bond donors (Lipinski definition) is 3. The number of hydrogen-bond acceptors (Lipinski definition) is 6. The highest BCUT2D eigenvalue weighted by Gasteiger charge is 2.26. The Hall–Kier alpha value is -0.460. The van der Waals surface area contributed by atoms with Crippen molar-refractivity contribution in [1.82, 2.24) is 10.6 Å². The Morgan fingerprint density at radius 1 is 1.32 bits per heavy atom. The van der Waals surface area contributed by atoms with Crippen molar-refractivity contribution in [2.45, 2.75) is 32.7 Å². The monoisotopic (exact) mass is 295 g/mol. The number of carbonyl (C=O) groups excluding carboxylic acids is 1. The first kappa shape index (κ1) is 18.5. The molecule has 4 N–H and O–H groups in total. The number of nitrogens with one attached hydrogen (secondary N) is 2. The summed E-state index contributed by atoms with van der Waals surface area (Å²) >= 11 is 0. The number of rotatable bonds is 11. The van der Waals surface area contributed by atoms with Crippen molar-refractivity contribution in [1.29, 1.82) is 0 Å². The number of carbonyl (C=O) groups is 1. The van der Waals surface area contributed by atoms with Gasteiger partial charge in [0, 0.05) is 7.05 Å². The van der Waals surface area contributed by atoms with Gasteiger partial charge in [-0.2, -0.15) is 0 Å². The zero-order valence-corrected chi connectivity index (χ0v) is 12.9. The van der Waals surface area contributed by atoms with Crippen LogP contribution in [0.1, 0.15) is 26.7 Å². The minimum atomic E-state index is -3.18. The van der Waals surface area contributed by atoms with Crippen LogP contribution in [0.15, 0.2) is 0 Å². The molecule has 1 atom stereocenters. The molecule has 0 aliphatic rings. The maximum Gasteiger partial charge on any atom is 0.344 e. The smallest absolute Gasteiger partial charge is 0.344 e. The fraction of sp³-hybridized carbons (Fsp3) is 0.909. The number of likely N-dealkylation sites (N-methyl/N-ethyl adjacent to an activating group) is 1. The van der Waals surface area contributed by atoms with Crippen LogP contribution < -0.4 is 16.4 Å². The Morgan fingerprint density at radius 2 is 1.89 bits per heavy atom. The van der Waals surface area contributed by atoms with E-state index in [2.05, 4.69) is 10.6 Å². The summed E-state index contributed by atoms with van der Waals surface area (Å²) in [5.41, 5.74) is 5.43. The molecule has 0 aromatic heterocycles. The van der Waals surface area contributed by atoms with Crippen molar-refractivity contribution in [3.8, 4) is 0 Å². The summed E-state index contributed by atoms with van der Waals surface area (Å²) in [7, 11) is -1.62. The molecule has 0 radical (unpaired) electrons. The number of nitrogens with two attached hydrogens (primary N) is 1. The first-order valence-corrected chi connectivity index (χ1v) is 8.28. The first-order valence-electron chi connectivity index (χ1n) is 6.56. The van der Waals surface area contributed by atoms with Crippen molar-refractivity contribution in [3.63, 3.8) is 0 Å². The molecular weight excluding hydrogens is 269 g/mol. The fourth-order valence-electron chi connectivity index (χ4n) is 1.57. The van der Waals surface area contributed by atoms with Gasteiger partial charge in [-0.15, -0.1) is 0 Å². The second kappa shape index (κ2) is 10.3. The molecule has 114 valence electrons. The van der Waals surface area contributed by atoms with Gasteiger partial charge in [0.15, 0.2) is 0 Å². The van der Waals surface area contributed by atoms with Crippen molar-refractivity contribution in [2.24, 2.45) is 5.73 Å². The second-order valence-electron chi connectivity index (χ2n) is 3.91. The normalized spacial score (nSPS) is 13.3. The van der Waals surface area contributed by atoms with Crippen LogP contribution in [0.3, 0.4) is 0 Å². The molecule has 0 heterocycles. The van der Waals surface area contributed by atoms with Crippen molar-refractivity contribution >= 4 is 13.5 Å². The van der Waals surface area contributed by atoms with Gasteiger partial charge in [0.1, 0.15) is 0 Å². The van der Waals surface area contributed by atoms with Gasteiger partial charge >= 0.3 is 7.60 Å². The molecule has 8 heteroatoms. The average Bonchev–Trinajstić information content (AvgIpc) is 2.38. The molecule has 0 aliphatic carbocycles. The molecule has 0 unspecified atom stereocenters. The first-order chi connectivity index (χ1) is 9.02. The third-order valence-electron chi connectivity index (χ3n) is 2.44. The molecule has 0 saturated heterocycles. The molecule has 19 heavy (non-hydrogen) atoms. The van der Waals surface area contributed by atoms with Crippen LogP contribution in [0.25, 0.3) is 0 Å². The van der Waals surface area contributed by atoms with Gasteiger partial charge in [0.05, 0.1) is 25.5 Å². The Morgan fingerprint density at radius 3 is 2.32 bits per heavy atom. The molecule has 0 rings (SSSR count). The Labute approximate surface area is 115 Å². The topological polar surface area (TPSA) is 103 Å². The lowest BCUT2D eigenvalue weighted by Gasteiger charge is -2.21. The van der Waals surface area contributed by atoms with Crippen LogP contribution in [0.2, 0.25) is 0 Å². The molecule has 0 fully saturated rings. The van der Waals surface area contributed by atoms with Crippen LogP contribution in [0.4, 0.5) is 0 Å². The highest BCUT2D eigenvalue weighted by Crippen LogP contribution is 2.46. The molecule has 1 amide bonds. The van der Waals surface area contributed by atoms with E-state index in [9.17, 15) is 9.36 Å². The minimum absolute atomic E-state index is 0.0112. The summed E-state index contributed by atoms with van der Waals surface area (Å²) in [6, 6.07) is -0.442. The molecule has 0 aromatic rings. The van der Waals surface area contributed by atoms with Crippen LogP contribution in [-0.4, -0.2) is 45.0 Å². The van der Waals surface area contributed by atoms with Crippen LogP contribution in [0.5, 0.6) is 0 Å². The van der Waals surface area contributed by atoms with E-state index < -0.39 is 13.6 Å². The van der Waals surface area contributed by atoms with Gasteiger partial charge in [-0.25, -0.2) is 0 Å². The lowest BCUT2D eigenvalue weighted by atomic mass is 10.1. The van der Waals surface area contributed by atoms with Crippen molar-refractivity contribution in [3.05, 3.63) is 0 Å². The van der Waals surface area contributed by atoms with E-state index in [4.69, 9.17) is 14.8 Å². The van der Waals surface area contributed by atoms with Gasteiger partial charge in [0.25, 0.3) is 0 Å². The summed E-state index contributed by atoms with van der Waals surface area (Å²) in [5, 5.41) is 5.50. The largest absolute Gasteiger partial charge is 0.358 e. The zero-order valence-electron chi connectivity index (χ0n) is 12.0.